The van der Waals surface area contributed by atoms with Gasteiger partial charge in [-0.1, -0.05) is 0 Å². The van der Waals surface area contributed by atoms with Crippen LogP contribution in [-0.2, 0) is 10.9 Å². The molecule has 32 heavy (non-hydrogen) atoms. The molecule has 1 fully saturated rings. The molecule has 0 N–H and O–H groups in total. The maximum absolute atomic E-state index is 12.6. The third kappa shape index (κ3) is 5.76. The molecule has 0 aromatic heterocycles. The van der Waals surface area contributed by atoms with Crippen LogP contribution in [0.5, 0.6) is 0 Å². The number of hydrogen-bond donors (Lipinski definition) is 0. The summed E-state index contributed by atoms with van der Waals surface area (Å²) in [6.45, 7) is 2.38. The Morgan fingerprint density at radius 2 is 1.09 bits per heavy atom. The lowest BCUT2D eigenvalue weighted by Crippen LogP contribution is -2.32. The van der Waals surface area contributed by atoms with E-state index in [-0.39, 0.29) is 0 Å². The van der Waals surface area contributed by atoms with Crippen LogP contribution in [-0.4, -0.2) is 19.9 Å². The number of alkyl halides is 3. The van der Waals surface area contributed by atoms with Gasteiger partial charge in [0, 0.05) is 12.2 Å². The van der Waals surface area contributed by atoms with E-state index in [9.17, 15) is 13.2 Å². The van der Waals surface area contributed by atoms with Gasteiger partial charge in [0.2, 0.25) is 0 Å². The van der Waals surface area contributed by atoms with Crippen LogP contribution in [0.3, 0.4) is 0 Å². The van der Waals surface area contributed by atoms with E-state index in [0.717, 1.165) is 43.1 Å². The number of rotatable bonds is 5. The molecule has 0 atom stereocenters. The molecule has 1 aliphatic heterocycles. The Morgan fingerprint density at radius 1 is 0.656 bits per heavy atom. The number of anilines is 1. The quantitative estimate of drug-likeness (QED) is 0.382. The first-order valence-corrected chi connectivity index (χ1v) is 10.0. The minimum Gasteiger partial charge on any atom is -0.361 e. The zero-order valence-corrected chi connectivity index (χ0v) is 17.0. The highest BCUT2D eigenvalue weighted by molar-refractivity contribution is 5.53. The summed E-state index contributed by atoms with van der Waals surface area (Å²) in [7, 11) is 0. The molecule has 3 aromatic rings. The third-order valence-corrected chi connectivity index (χ3v) is 4.78. The first-order chi connectivity index (χ1) is 15.5. The van der Waals surface area contributed by atoms with Gasteiger partial charge in [-0.15, -0.1) is 0 Å². The molecule has 1 heterocycles. The van der Waals surface area contributed by atoms with Crippen LogP contribution in [0.2, 0.25) is 0 Å². The molecular formula is C23H20F3N5O. The summed E-state index contributed by atoms with van der Waals surface area (Å²) in [5.74, 6) is 0. The van der Waals surface area contributed by atoms with E-state index in [4.69, 9.17) is 4.74 Å². The Bertz CT molecular complexity index is 1070. The van der Waals surface area contributed by atoms with Gasteiger partial charge in [0.15, 0.2) is 0 Å². The van der Waals surface area contributed by atoms with Crippen molar-refractivity contribution >= 4 is 28.4 Å². The predicted octanol–water partition coefficient (Wildman–Crippen LogP) is 7.72. The fourth-order valence-electron chi connectivity index (χ4n) is 3.06. The Balaban J connectivity index is 1.35. The molecule has 0 aliphatic carbocycles. The van der Waals surface area contributed by atoms with E-state index >= 15 is 0 Å². The van der Waals surface area contributed by atoms with Crippen molar-refractivity contribution in [2.24, 2.45) is 20.5 Å². The lowest BCUT2D eigenvalue weighted by atomic mass is 10.2. The van der Waals surface area contributed by atoms with Crippen molar-refractivity contribution in [1.29, 1.82) is 0 Å². The van der Waals surface area contributed by atoms with E-state index in [1.807, 2.05) is 24.3 Å². The topological polar surface area (TPSA) is 61.9 Å². The van der Waals surface area contributed by atoms with E-state index in [0.29, 0.717) is 23.8 Å². The summed E-state index contributed by atoms with van der Waals surface area (Å²) in [6.07, 6.45) is -3.36. The fourth-order valence-corrected chi connectivity index (χ4v) is 3.06. The van der Waals surface area contributed by atoms with Gasteiger partial charge in [-0.2, -0.15) is 33.6 Å². The molecule has 0 amide bonds. The summed E-state index contributed by atoms with van der Waals surface area (Å²) in [5, 5.41) is 16.5. The lowest BCUT2D eigenvalue weighted by molar-refractivity contribution is -0.137. The summed E-state index contributed by atoms with van der Waals surface area (Å²) in [6, 6.07) is 19.2. The van der Waals surface area contributed by atoms with Crippen molar-refractivity contribution < 1.29 is 17.9 Å². The van der Waals surface area contributed by atoms with Crippen molar-refractivity contribution in [3.8, 4) is 0 Å². The third-order valence-electron chi connectivity index (χ3n) is 4.78. The SMILES string of the molecule is FC(F)(F)c1ccc(N=Nc2ccc(N=Nc3ccc(N4CCCOC4)cc3)cc2)cc1. The number of azo groups is 2. The summed E-state index contributed by atoms with van der Waals surface area (Å²) >= 11 is 0. The number of nitrogens with zero attached hydrogens (tertiary/aromatic N) is 5. The predicted molar refractivity (Wildman–Crippen MR) is 115 cm³/mol. The molecule has 0 radical (unpaired) electrons. The largest absolute Gasteiger partial charge is 0.416 e. The Kier molecular flexibility index (Phi) is 6.55. The molecule has 6 nitrogen and oxygen atoms in total. The van der Waals surface area contributed by atoms with Crippen LogP contribution in [0.15, 0.2) is 93.3 Å². The average molecular weight is 439 g/mol. The molecule has 3 aromatic carbocycles. The maximum Gasteiger partial charge on any atom is 0.416 e. The summed E-state index contributed by atoms with van der Waals surface area (Å²) < 4.78 is 43.3. The van der Waals surface area contributed by atoms with Crippen LogP contribution in [0.4, 0.5) is 41.6 Å². The van der Waals surface area contributed by atoms with Crippen molar-refractivity contribution in [1.82, 2.24) is 0 Å². The molecule has 0 unspecified atom stereocenters. The summed E-state index contributed by atoms with van der Waals surface area (Å²) in [5.41, 5.74) is 2.63. The second kappa shape index (κ2) is 9.69. The number of halogens is 3. The van der Waals surface area contributed by atoms with Gasteiger partial charge in [-0.25, -0.2) is 0 Å². The number of ether oxygens (including phenoxy) is 1. The van der Waals surface area contributed by atoms with Gasteiger partial charge in [0.25, 0.3) is 0 Å². The summed E-state index contributed by atoms with van der Waals surface area (Å²) in [4.78, 5) is 2.17. The van der Waals surface area contributed by atoms with Crippen LogP contribution in [0, 0.1) is 0 Å². The molecule has 164 valence electrons. The van der Waals surface area contributed by atoms with Gasteiger partial charge in [-0.3, -0.25) is 0 Å². The Hall–Kier alpha value is -3.59. The smallest absolute Gasteiger partial charge is 0.361 e. The van der Waals surface area contributed by atoms with E-state index < -0.39 is 11.7 Å². The van der Waals surface area contributed by atoms with Crippen LogP contribution >= 0.6 is 0 Å². The van der Waals surface area contributed by atoms with Gasteiger partial charge >= 0.3 is 6.18 Å². The maximum atomic E-state index is 12.6. The second-order valence-corrected chi connectivity index (χ2v) is 7.13. The van der Waals surface area contributed by atoms with Gasteiger partial charge in [0.05, 0.1) is 34.9 Å². The normalized spacial score (nSPS) is 15.0. The zero-order valence-electron chi connectivity index (χ0n) is 17.0. The number of benzene rings is 3. The second-order valence-electron chi connectivity index (χ2n) is 7.13. The molecule has 1 saturated heterocycles. The van der Waals surface area contributed by atoms with Crippen molar-refractivity contribution in [2.75, 3.05) is 24.8 Å². The first-order valence-electron chi connectivity index (χ1n) is 10.0. The lowest BCUT2D eigenvalue weighted by Gasteiger charge is -2.28. The Labute approximate surface area is 183 Å². The monoisotopic (exact) mass is 439 g/mol. The molecule has 0 bridgehead atoms. The van der Waals surface area contributed by atoms with Crippen LogP contribution in [0.25, 0.3) is 0 Å². The fraction of sp³-hybridized carbons (Fsp3) is 0.217. The molecule has 9 heteroatoms. The highest BCUT2D eigenvalue weighted by atomic mass is 19.4. The number of hydrogen-bond acceptors (Lipinski definition) is 6. The molecule has 0 saturated carbocycles. The van der Waals surface area contributed by atoms with E-state index in [1.54, 1.807) is 24.3 Å². The van der Waals surface area contributed by atoms with Crippen LogP contribution in [0.1, 0.15) is 12.0 Å². The van der Waals surface area contributed by atoms with E-state index in [1.165, 1.54) is 12.1 Å². The van der Waals surface area contributed by atoms with Crippen molar-refractivity contribution in [3.63, 3.8) is 0 Å². The average Bonchev–Trinajstić information content (AvgIpc) is 2.83. The highest BCUT2D eigenvalue weighted by Gasteiger charge is 2.29. The van der Waals surface area contributed by atoms with Crippen LogP contribution < -0.4 is 4.90 Å². The molecule has 0 spiro atoms. The minimum atomic E-state index is -4.37. The Morgan fingerprint density at radius 3 is 1.50 bits per heavy atom. The zero-order chi connectivity index (χ0) is 22.4. The molecular weight excluding hydrogens is 419 g/mol. The standard InChI is InChI=1S/C23H20F3N5O/c24-23(25,26)17-2-4-18(5-3-17)27-28-19-6-8-20(9-7-19)29-30-21-10-12-22(13-11-21)31-14-1-15-32-16-31/h2-13H,1,14-16H2. The van der Waals surface area contributed by atoms with E-state index in [2.05, 4.69) is 25.4 Å². The molecule has 1 aliphatic rings. The van der Waals surface area contributed by atoms with Gasteiger partial charge in [-0.05, 0) is 79.2 Å². The first kappa shape index (κ1) is 21.6. The van der Waals surface area contributed by atoms with Gasteiger partial charge in [0.1, 0.15) is 6.73 Å². The van der Waals surface area contributed by atoms with Crippen molar-refractivity contribution in [3.05, 3.63) is 78.4 Å². The highest BCUT2D eigenvalue weighted by Crippen LogP contribution is 2.31. The molecule has 4 rings (SSSR count). The minimum absolute atomic E-state index is 0.335. The van der Waals surface area contributed by atoms with Gasteiger partial charge < -0.3 is 9.64 Å². The van der Waals surface area contributed by atoms with Crippen molar-refractivity contribution in [2.45, 2.75) is 12.6 Å².